The van der Waals surface area contributed by atoms with E-state index in [0.29, 0.717) is 6.29 Å². The van der Waals surface area contributed by atoms with Gasteiger partial charge in [-0.1, -0.05) is 6.07 Å². The van der Waals surface area contributed by atoms with E-state index in [1.54, 1.807) is 18.5 Å². The van der Waals surface area contributed by atoms with Crippen LogP contribution in [0.2, 0.25) is 0 Å². The summed E-state index contributed by atoms with van der Waals surface area (Å²) in [6, 6.07) is 13.9. The molecule has 2 N–H and O–H groups in total. The maximum Gasteiger partial charge on any atom is 0.264 e. The second-order valence-electron chi connectivity index (χ2n) is 4.99. The monoisotopic (exact) mass is 297 g/mol. The fourth-order valence-corrected chi connectivity index (χ4v) is 2.43. The Hall–Kier alpha value is -2.60. The van der Waals surface area contributed by atoms with E-state index < -0.39 is 0 Å². The summed E-state index contributed by atoms with van der Waals surface area (Å²) in [5.41, 5.74) is 7.24. The van der Waals surface area contributed by atoms with Crippen molar-refractivity contribution in [2.75, 3.05) is 14.2 Å². The minimum Gasteiger partial charge on any atom is -0.497 e. The van der Waals surface area contributed by atoms with Crippen LogP contribution in [0.15, 0.2) is 60.0 Å². The molecular weight excluding hydrogens is 278 g/mol. The molecule has 22 heavy (non-hydrogen) atoms. The zero-order valence-electron chi connectivity index (χ0n) is 12.6. The molecule has 2 aromatic rings. The molecule has 0 spiro atoms. The van der Waals surface area contributed by atoms with E-state index in [0.717, 1.165) is 11.3 Å². The molecule has 0 fully saturated rings. The van der Waals surface area contributed by atoms with Crippen LogP contribution in [0.3, 0.4) is 0 Å². The molecule has 1 aliphatic heterocycles. The minimum absolute atomic E-state index is 0.110. The van der Waals surface area contributed by atoms with Gasteiger partial charge in [0.2, 0.25) is 6.29 Å². The number of nitrogens with two attached hydrogens (primary N) is 1. The van der Waals surface area contributed by atoms with E-state index in [9.17, 15) is 0 Å². The lowest BCUT2D eigenvalue weighted by molar-refractivity contribution is -0.729. The number of rotatable bonds is 4. The number of methoxy groups -OCH3 is 1. The van der Waals surface area contributed by atoms with Crippen LogP contribution in [0.5, 0.6) is 5.75 Å². The first-order valence-electron chi connectivity index (χ1n) is 6.99. The van der Waals surface area contributed by atoms with Crippen molar-refractivity contribution >= 4 is 6.34 Å². The van der Waals surface area contributed by atoms with Gasteiger partial charge in [-0.2, -0.15) is 9.67 Å². The Kier molecular flexibility index (Phi) is 3.93. The lowest BCUT2D eigenvalue weighted by Crippen LogP contribution is -2.52. The number of aromatic nitrogens is 1. The number of hydrazone groups is 1. The van der Waals surface area contributed by atoms with Gasteiger partial charge >= 0.3 is 0 Å². The average molecular weight is 297 g/mol. The van der Waals surface area contributed by atoms with Gasteiger partial charge in [-0.05, 0) is 24.3 Å². The molecule has 0 saturated heterocycles. The van der Waals surface area contributed by atoms with Gasteiger partial charge in [0.25, 0.3) is 6.17 Å². The van der Waals surface area contributed by atoms with Crippen LogP contribution in [0.1, 0.15) is 11.7 Å². The normalized spacial score (nSPS) is 16.1. The molecule has 6 heteroatoms. The first kappa shape index (κ1) is 14.3. The maximum atomic E-state index is 6.16. The van der Waals surface area contributed by atoms with Gasteiger partial charge in [-0.25, -0.2) is 0 Å². The van der Waals surface area contributed by atoms with E-state index in [1.807, 2.05) is 66.8 Å². The highest BCUT2D eigenvalue weighted by atomic mass is 16.5. The highest BCUT2D eigenvalue weighted by Crippen LogP contribution is 2.25. The molecule has 1 radical (unpaired) electrons. The average Bonchev–Trinajstić information content (AvgIpc) is 2.89. The zero-order valence-corrected chi connectivity index (χ0v) is 12.6. The zero-order chi connectivity index (χ0) is 15.5. The number of hydrogen-bond acceptors (Lipinski definition) is 5. The van der Waals surface area contributed by atoms with Gasteiger partial charge < -0.3 is 4.74 Å². The summed E-state index contributed by atoms with van der Waals surface area (Å²) in [5.74, 6) is 0.824. The van der Waals surface area contributed by atoms with Crippen molar-refractivity contribution in [2.45, 2.75) is 6.17 Å². The summed E-state index contributed by atoms with van der Waals surface area (Å²) in [4.78, 5) is 1.93. The first-order chi connectivity index (χ1) is 10.7. The van der Waals surface area contributed by atoms with Crippen molar-refractivity contribution in [2.24, 2.45) is 10.8 Å². The third-order valence-electron chi connectivity index (χ3n) is 3.64. The molecule has 0 amide bonds. The van der Waals surface area contributed by atoms with E-state index in [-0.39, 0.29) is 6.17 Å². The standard InChI is InChI=1S/C16H19N5O/c1-19-16(17)21(12-18-19)15(20-10-4-3-5-11-20)13-6-8-14(22-2)9-7-13/h3-12,15H,17H2,1-2H3/q+1. The summed E-state index contributed by atoms with van der Waals surface area (Å²) in [6.07, 6.45) is 6.23. The van der Waals surface area contributed by atoms with Crippen molar-refractivity contribution in [1.82, 2.24) is 9.91 Å². The van der Waals surface area contributed by atoms with Crippen molar-refractivity contribution in [1.29, 1.82) is 0 Å². The van der Waals surface area contributed by atoms with Crippen molar-refractivity contribution in [3.8, 4) is 5.75 Å². The van der Waals surface area contributed by atoms with Crippen molar-refractivity contribution < 1.29 is 9.30 Å². The van der Waals surface area contributed by atoms with E-state index in [1.165, 1.54) is 0 Å². The predicted octanol–water partition coefficient (Wildman–Crippen LogP) is 1.13. The largest absolute Gasteiger partial charge is 0.497 e. The fraction of sp³-hybridized carbons (Fsp3) is 0.188. The van der Waals surface area contributed by atoms with Gasteiger partial charge in [-0.3, -0.25) is 15.6 Å². The van der Waals surface area contributed by atoms with Gasteiger partial charge in [0.15, 0.2) is 12.4 Å². The summed E-state index contributed by atoms with van der Waals surface area (Å²) in [6.45, 7) is 0. The SMILES string of the molecule is COc1ccc(C(N2C=NN(C)[C]2N)[n+]2ccccc2)cc1. The summed E-state index contributed by atoms with van der Waals surface area (Å²) >= 11 is 0. The van der Waals surface area contributed by atoms with Gasteiger partial charge in [0, 0.05) is 24.7 Å². The summed E-state index contributed by atoms with van der Waals surface area (Å²) < 4.78 is 7.32. The molecule has 1 aromatic carbocycles. The maximum absolute atomic E-state index is 6.16. The number of nitrogens with zero attached hydrogens (tertiary/aromatic N) is 4. The van der Waals surface area contributed by atoms with E-state index >= 15 is 0 Å². The van der Waals surface area contributed by atoms with Crippen LogP contribution in [0.4, 0.5) is 0 Å². The second kappa shape index (κ2) is 6.03. The molecule has 6 nitrogen and oxygen atoms in total. The fourth-order valence-electron chi connectivity index (χ4n) is 2.43. The Labute approximate surface area is 130 Å². The molecule has 0 aliphatic carbocycles. The van der Waals surface area contributed by atoms with Crippen LogP contribution < -0.4 is 15.0 Å². The molecule has 113 valence electrons. The lowest BCUT2D eigenvalue weighted by Gasteiger charge is -2.27. The summed E-state index contributed by atoms with van der Waals surface area (Å²) in [7, 11) is 3.48. The Morgan fingerprint density at radius 1 is 1.14 bits per heavy atom. The third kappa shape index (κ3) is 2.60. The first-order valence-corrected chi connectivity index (χ1v) is 6.99. The van der Waals surface area contributed by atoms with Crippen LogP contribution in [0, 0.1) is 6.29 Å². The summed E-state index contributed by atoms with van der Waals surface area (Å²) in [5, 5.41) is 5.89. The Bertz CT molecular complexity index is 643. The Morgan fingerprint density at radius 2 is 1.82 bits per heavy atom. The number of hydrogen-bond donors (Lipinski definition) is 1. The van der Waals surface area contributed by atoms with Crippen LogP contribution in [0.25, 0.3) is 0 Å². The molecule has 3 rings (SSSR count). The van der Waals surface area contributed by atoms with E-state index in [4.69, 9.17) is 10.5 Å². The quantitative estimate of drug-likeness (QED) is 0.860. The smallest absolute Gasteiger partial charge is 0.264 e. The highest BCUT2D eigenvalue weighted by molar-refractivity contribution is 5.59. The molecular formula is C16H19N5O+. The van der Waals surface area contributed by atoms with Gasteiger partial charge in [-0.15, -0.1) is 0 Å². The van der Waals surface area contributed by atoms with Crippen molar-refractivity contribution in [3.05, 3.63) is 66.7 Å². The third-order valence-corrected chi connectivity index (χ3v) is 3.64. The van der Waals surface area contributed by atoms with Crippen LogP contribution >= 0.6 is 0 Å². The molecule has 0 saturated carbocycles. The lowest BCUT2D eigenvalue weighted by atomic mass is 10.1. The second-order valence-corrected chi connectivity index (χ2v) is 4.99. The van der Waals surface area contributed by atoms with Gasteiger partial charge in [0.05, 0.1) is 7.11 Å². The molecule has 1 unspecified atom stereocenters. The molecule has 1 atom stereocenters. The molecule has 0 bridgehead atoms. The predicted molar refractivity (Wildman–Crippen MR) is 83.3 cm³/mol. The van der Waals surface area contributed by atoms with E-state index in [2.05, 4.69) is 9.67 Å². The Balaban J connectivity index is 2.01. The number of benzene rings is 1. The van der Waals surface area contributed by atoms with Crippen LogP contribution in [-0.2, 0) is 0 Å². The minimum atomic E-state index is -0.110. The van der Waals surface area contributed by atoms with Crippen molar-refractivity contribution in [3.63, 3.8) is 0 Å². The molecule has 2 heterocycles. The topological polar surface area (TPSA) is 58.0 Å². The molecule has 1 aliphatic rings. The van der Waals surface area contributed by atoms with Crippen LogP contribution in [-0.4, -0.2) is 30.4 Å². The Morgan fingerprint density at radius 3 is 2.36 bits per heavy atom. The van der Waals surface area contributed by atoms with Gasteiger partial charge in [0.1, 0.15) is 12.1 Å². The number of ether oxygens (including phenoxy) is 1. The molecule has 1 aromatic heterocycles. The highest BCUT2D eigenvalue weighted by Gasteiger charge is 2.36. The number of pyridine rings is 1.